The lowest BCUT2D eigenvalue weighted by molar-refractivity contribution is 0.421. The summed E-state index contributed by atoms with van der Waals surface area (Å²) in [4.78, 5) is 0. The Morgan fingerprint density at radius 3 is 1.21 bits per heavy atom. The van der Waals surface area contributed by atoms with Crippen LogP contribution in [0.4, 0.5) is 0 Å². The summed E-state index contributed by atoms with van der Waals surface area (Å²) in [7, 11) is -0.473. The summed E-state index contributed by atoms with van der Waals surface area (Å²) in [6.45, 7) is 28.3. The fourth-order valence-corrected chi connectivity index (χ4v) is 8.89. The van der Waals surface area contributed by atoms with Crippen LogP contribution in [0.25, 0.3) is 0 Å². The zero-order chi connectivity index (χ0) is 25.6. The maximum Gasteiger partial charge on any atom is 0.139 e. The molecule has 0 unspecified atom stereocenters. The van der Waals surface area contributed by atoms with Crippen LogP contribution in [-0.4, -0.2) is 24.6 Å². The maximum atomic E-state index is 7.11. The number of hydrogen-bond acceptors (Lipinski definition) is 1. The Labute approximate surface area is 213 Å². The Bertz CT molecular complexity index is 947. The zero-order valence-electron chi connectivity index (χ0n) is 23.9. The summed E-state index contributed by atoms with van der Waals surface area (Å²) in [6, 6.07) is 9.91. The van der Waals surface area contributed by atoms with Crippen molar-refractivity contribution >= 4 is 26.5 Å². The molecule has 0 atom stereocenters. The molecule has 1 aliphatic rings. The Balaban J connectivity index is 2.41. The van der Waals surface area contributed by atoms with Crippen molar-refractivity contribution in [1.82, 2.24) is 0 Å². The molecule has 0 saturated heterocycles. The van der Waals surface area contributed by atoms with E-state index in [0.717, 1.165) is 0 Å². The molecule has 34 heavy (non-hydrogen) atoms. The molecule has 3 rings (SSSR count). The topological polar surface area (TPSA) is 9.23 Å². The second-order valence-electron chi connectivity index (χ2n) is 12.3. The van der Waals surface area contributed by atoms with E-state index < -0.39 is 0 Å². The van der Waals surface area contributed by atoms with E-state index in [1.165, 1.54) is 69.0 Å². The average Bonchev–Trinajstić information content (AvgIpc) is 2.74. The third kappa shape index (κ3) is 5.00. The van der Waals surface area contributed by atoms with E-state index in [9.17, 15) is 0 Å². The second kappa shape index (κ2) is 9.87. The highest BCUT2D eigenvalue weighted by Gasteiger charge is 2.40. The van der Waals surface area contributed by atoms with Crippen molar-refractivity contribution in [3.8, 4) is 11.5 Å². The fraction of sp³-hybridized carbons (Fsp3) is 0.613. The largest absolute Gasteiger partial charge is 0.455 e. The Kier molecular flexibility index (Phi) is 8.03. The Morgan fingerprint density at radius 2 is 0.941 bits per heavy atom. The summed E-state index contributed by atoms with van der Waals surface area (Å²) in [5.41, 5.74) is 5.76. The van der Waals surface area contributed by atoms with Crippen molar-refractivity contribution < 1.29 is 4.74 Å². The van der Waals surface area contributed by atoms with Gasteiger partial charge in [-0.3, -0.25) is 0 Å². The highest BCUT2D eigenvalue weighted by molar-refractivity contribution is 7.66. The minimum atomic E-state index is -0.237. The SMILES string of the molecule is CCP(CC)c1cc(C(C)(C)C)cc2c1Oc1c(P(CC)CC)cc(C(C)(C)C)cc1C2(C)C. The molecule has 188 valence electrons. The van der Waals surface area contributed by atoms with Crippen LogP contribution in [0, 0.1) is 0 Å². The second-order valence-corrected chi connectivity index (χ2v) is 18.0. The average molecular weight is 499 g/mol. The van der Waals surface area contributed by atoms with Crippen LogP contribution >= 0.6 is 15.8 Å². The molecule has 3 heteroatoms. The summed E-state index contributed by atoms with van der Waals surface area (Å²) in [6.07, 6.45) is 4.81. The van der Waals surface area contributed by atoms with Gasteiger partial charge in [0.15, 0.2) is 0 Å². The van der Waals surface area contributed by atoms with Gasteiger partial charge in [0.05, 0.1) is 0 Å². The van der Waals surface area contributed by atoms with Gasteiger partial charge in [0.1, 0.15) is 11.5 Å². The summed E-state index contributed by atoms with van der Waals surface area (Å²) < 4.78 is 7.11. The number of hydrogen-bond donors (Lipinski definition) is 0. The van der Waals surface area contributed by atoms with Gasteiger partial charge in [-0.25, -0.2) is 0 Å². The number of ether oxygens (including phenoxy) is 1. The van der Waals surface area contributed by atoms with E-state index in [-0.39, 0.29) is 32.1 Å². The first-order valence-electron chi connectivity index (χ1n) is 13.3. The number of benzene rings is 2. The molecule has 1 nitrogen and oxygen atoms in total. The van der Waals surface area contributed by atoms with E-state index in [1.54, 1.807) is 0 Å². The highest BCUT2D eigenvalue weighted by Crippen LogP contribution is 2.54. The molecule has 2 aromatic carbocycles. The lowest BCUT2D eigenvalue weighted by Gasteiger charge is -2.40. The van der Waals surface area contributed by atoms with Crippen LogP contribution in [0.3, 0.4) is 0 Å². The van der Waals surface area contributed by atoms with Gasteiger partial charge in [-0.2, -0.15) is 0 Å². The van der Waals surface area contributed by atoms with E-state index >= 15 is 0 Å². The first kappa shape index (κ1) is 27.7. The van der Waals surface area contributed by atoms with Gasteiger partial charge in [0, 0.05) is 27.2 Å². The monoisotopic (exact) mass is 498 g/mol. The molecule has 1 heterocycles. The summed E-state index contributed by atoms with van der Waals surface area (Å²) >= 11 is 0. The van der Waals surface area contributed by atoms with Crippen molar-refractivity contribution in [3.05, 3.63) is 46.5 Å². The van der Waals surface area contributed by atoms with Crippen molar-refractivity contribution in [2.45, 2.75) is 99.3 Å². The van der Waals surface area contributed by atoms with Gasteiger partial charge in [-0.15, -0.1) is 0 Å². The van der Waals surface area contributed by atoms with E-state index in [0.29, 0.717) is 0 Å². The van der Waals surface area contributed by atoms with E-state index in [4.69, 9.17) is 4.74 Å². The molecule has 0 aromatic heterocycles. The molecular weight excluding hydrogens is 450 g/mol. The minimum Gasteiger partial charge on any atom is -0.455 e. The van der Waals surface area contributed by atoms with Crippen LogP contribution < -0.4 is 15.3 Å². The van der Waals surface area contributed by atoms with Crippen LogP contribution in [0.5, 0.6) is 11.5 Å². The molecule has 0 bridgehead atoms. The first-order valence-corrected chi connectivity index (χ1v) is 16.7. The Hall–Kier alpha value is -0.900. The van der Waals surface area contributed by atoms with Crippen LogP contribution in [0.2, 0.25) is 0 Å². The normalized spacial score (nSPS) is 15.4. The standard InChI is InChI=1S/C31H48OP2/c1-13-33(14-2)25-19-21(29(5,6)7)17-23-27(25)32-28-24(31(23,11)12)18-22(30(8,9)10)20-26(28)34(15-3)16-4/h17-20H,13-16H2,1-12H3. The van der Waals surface area contributed by atoms with Gasteiger partial charge < -0.3 is 4.74 Å². The molecule has 0 radical (unpaired) electrons. The Morgan fingerprint density at radius 1 is 0.618 bits per heavy atom. The fourth-order valence-electron chi connectivity index (χ4n) is 5.08. The zero-order valence-corrected chi connectivity index (χ0v) is 25.7. The van der Waals surface area contributed by atoms with Crippen molar-refractivity contribution in [2.24, 2.45) is 0 Å². The maximum absolute atomic E-state index is 7.11. The lowest BCUT2D eigenvalue weighted by Crippen LogP contribution is -2.32. The van der Waals surface area contributed by atoms with E-state index in [1.807, 2.05) is 0 Å². The van der Waals surface area contributed by atoms with Gasteiger partial charge >= 0.3 is 0 Å². The van der Waals surface area contributed by atoms with Crippen LogP contribution in [-0.2, 0) is 16.2 Å². The number of fused-ring (bicyclic) bond motifs is 2. The van der Waals surface area contributed by atoms with Gasteiger partial charge in [0.25, 0.3) is 0 Å². The molecule has 0 aliphatic carbocycles. The van der Waals surface area contributed by atoms with Gasteiger partial charge in [0.2, 0.25) is 0 Å². The predicted octanol–water partition coefficient (Wildman–Crippen LogP) is 9.01. The lowest BCUT2D eigenvalue weighted by atomic mass is 9.72. The van der Waals surface area contributed by atoms with Crippen LogP contribution in [0.15, 0.2) is 24.3 Å². The molecule has 1 aliphatic heterocycles. The van der Waals surface area contributed by atoms with Crippen molar-refractivity contribution in [1.29, 1.82) is 0 Å². The summed E-state index contributed by atoms with van der Waals surface area (Å²) in [5.74, 6) is 2.35. The molecule has 0 spiro atoms. The molecule has 0 saturated carbocycles. The molecule has 2 aromatic rings. The predicted molar refractivity (Wildman–Crippen MR) is 158 cm³/mol. The van der Waals surface area contributed by atoms with Gasteiger partial charge in [-0.05, 0) is 58.7 Å². The van der Waals surface area contributed by atoms with Crippen LogP contribution in [0.1, 0.15) is 105 Å². The minimum absolute atomic E-state index is 0.0973. The molecular formula is C31H48OP2. The first-order chi connectivity index (χ1) is 15.7. The molecule has 0 fully saturated rings. The van der Waals surface area contributed by atoms with E-state index in [2.05, 4.69) is 107 Å². The number of rotatable bonds is 6. The van der Waals surface area contributed by atoms with Gasteiger partial charge in [-0.1, -0.05) is 111 Å². The highest BCUT2D eigenvalue weighted by atomic mass is 31.1. The molecule has 0 amide bonds. The summed E-state index contributed by atoms with van der Waals surface area (Å²) in [5, 5.41) is 2.95. The quantitative estimate of drug-likeness (QED) is 0.361. The molecule has 0 N–H and O–H groups in total. The third-order valence-electron chi connectivity index (χ3n) is 7.63. The van der Waals surface area contributed by atoms with Crippen molar-refractivity contribution in [3.63, 3.8) is 0 Å². The third-order valence-corrected chi connectivity index (χ3v) is 12.7. The smallest absolute Gasteiger partial charge is 0.139 e. The van der Waals surface area contributed by atoms with Crippen molar-refractivity contribution in [2.75, 3.05) is 24.6 Å².